The summed E-state index contributed by atoms with van der Waals surface area (Å²) < 4.78 is 2.18. The average Bonchev–Trinajstić information content (AvgIpc) is 3.24. The van der Waals surface area contributed by atoms with Crippen molar-refractivity contribution in [3.63, 3.8) is 0 Å². The third-order valence-electron chi connectivity index (χ3n) is 5.28. The van der Waals surface area contributed by atoms with Gasteiger partial charge in [-0.1, -0.05) is 12.1 Å². The molecule has 1 N–H and O–H groups in total. The highest BCUT2D eigenvalue weighted by molar-refractivity contribution is 7.12. The van der Waals surface area contributed by atoms with Gasteiger partial charge in [0, 0.05) is 40.3 Å². The number of nitrogens with zero attached hydrogens (tertiary/aromatic N) is 3. The molecule has 0 spiro atoms. The van der Waals surface area contributed by atoms with Crippen LogP contribution in [0.4, 0.5) is 5.69 Å². The van der Waals surface area contributed by atoms with Crippen molar-refractivity contribution in [2.24, 2.45) is 0 Å². The lowest BCUT2D eigenvalue weighted by atomic mass is 10.0. The molecule has 5 nitrogen and oxygen atoms in total. The van der Waals surface area contributed by atoms with E-state index < -0.39 is 0 Å². The number of rotatable bonds is 3. The lowest BCUT2D eigenvalue weighted by Crippen LogP contribution is -2.44. The van der Waals surface area contributed by atoms with Gasteiger partial charge in [-0.15, -0.1) is 11.3 Å². The normalized spacial score (nSPS) is 19.4. The Morgan fingerprint density at radius 2 is 2.04 bits per heavy atom. The summed E-state index contributed by atoms with van der Waals surface area (Å²) in [5.41, 5.74) is 5.10. The number of amides is 1. The van der Waals surface area contributed by atoms with Gasteiger partial charge < -0.3 is 10.2 Å². The van der Waals surface area contributed by atoms with Gasteiger partial charge in [0.05, 0.1) is 5.56 Å². The minimum atomic E-state index is -0.134. The zero-order valence-corrected chi connectivity index (χ0v) is 15.6. The van der Waals surface area contributed by atoms with Crippen LogP contribution >= 0.6 is 11.3 Å². The summed E-state index contributed by atoms with van der Waals surface area (Å²) >= 11 is 1.62. The van der Waals surface area contributed by atoms with Crippen molar-refractivity contribution < 1.29 is 4.79 Å². The lowest BCUT2D eigenvalue weighted by molar-refractivity contribution is 0.0666. The fourth-order valence-electron chi connectivity index (χ4n) is 3.91. The maximum Gasteiger partial charge on any atom is 0.258 e. The summed E-state index contributed by atoms with van der Waals surface area (Å²) in [6.45, 7) is 4.21. The Labute approximate surface area is 156 Å². The van der Waals surface area contributed by atoms with E-state index in [1.165, 1.54) is 0 Å². The van der Waals surface area contributed by atoms with Gasteiger partial charge in [0.15, 0.2) is 5.13 Å². The minimum Gasteiger partial charge on any atom is -0.361 e. The number of thiazole rings is 1. The van der Waals surface area contributed by atoms with Crippen LogP contribution in [-0.4, -0.2) is 26.4 Å². The molecule has 1 unspecified atom stereocenters. The molecule has 3 aromatic rings. The Hall–Kier alpha value is -2.60. The molecule has 1 aromatic carbocycles. The molecular formula is C20H20N4OS. The first-order valence-corrected chi connectivity index (χ1v) is 9.80. The highest BCUT2D eigenvalue weighted by atomic mass is 32.1. The smallest absolute Gasteiger partial charge is 0.258 e. The summed E-state index contributed by atoms with van der Waals surface area (Å²) in [5, 5.41) is 6.57. The van der Waals surface area contributed by atoms with Crippen molar-refractivity contribution in [1.82, 2.24) is 14.5 Å². The second-order valence-corrected chi connectivity index (χ2v) is 7.89. The molecule has 1 atom stereocenters. The van der Waals surface area contributed by atoms with Crippen LogP contribution in [0.3, 0.4) is 0 Å². The predicted octanol–water partition coefficient (Wildman–Crippen LogP) is 4.28. The molecule has 1 aliphatic heterocycles. The average molecular weight is 364 g/mol. The van der Waals surface area contributed by atoms with Crippen molar-refractivity contribution in [3.05, 3.63) is 64.4 Å². The van der Waals surface area contributed by atoms with Gasteiger partial charge >= 0.3 is 0 Å². The van der Waals surface area contributed by atoms with Gasteiger partial charge in [0.1, 0.15) is 6.17 Å². The van der Waals surface area contributed by atoms with Crippen LogP contribution < -0.4 is 5.32 Å². The van der Waals surface area contributed by atoms with Crippen LogP contribution in [0.25, 0.3) is 5.13 Å². The Bertz CT molecular complexity index is 987. The summed E-state index contributed by atoms with van der Waals surface area (Å²) in [4.78, 5) is 19.7. The summed E-state index contributed by atoms with van der Waals surface area (Å²) in [6.07, 6.45) is 3.85. The first-order valence-electron chi connectivity index (χ1n) is 8.92. The third-order valence-corrected chi connectivity index (χ3v) is 6.03. The quantitative estimate of drug-likeness (QED) is 0.755. The molecule has 6 heteroatoms. The van der Waals surface area contributed by atoms with Crippen molar-refractivity contribution in [3.8, 4) is 5.13 Å². The van der Waals surface area contributed by atoms with E-state index in [0.717, 1.165) is 46.2 Å². The fourth-order valence-corrected chi connectivity index (χ4v) is 4.66. The zero-order chi connectivity index (χ0) is 17.8. The number of carbonyl (C=O) groups is 1. The van der Waals surface area contributed by atoms with Crippen molar-refractivity contribution in [2.75, 3.05) is 5.32 Å². The van der Waals surface area contributed by atoms with E-state index in [1.807, 2.05) is 40.7 Å². The van der Waals surface area contributed by atoms with Gasteiger partial charge in [-0.25, -0.2) is 4.98 Å². The maximum absolute atomic E-state index is 13.2. The van der Waals surface area contributed by atoms with E-state index in [9.17, 15) is 4.79 Å². The third kappa shape index (κ3) is 2.29. The highest BCUT2D eigenvalue weighted by Crippen LogP contribution is 2.42. The lowest BCUT2D eigenvalue weighted by Gasteiger charge is -2.38. The summed E-state index contributed by atoms with van der Waals surface area (Å²) in [5.74, 6) is 0.130. The first-order chi connectivity index (χ1) is 12.6. The van der Waals surface area contributed by atoms with Crippen LogP contribution in [0.5, 0.6) is 0 Å². The molecule has 5 rings (SSSR count). The monoisotopic (exact) mass is 364 g/mol. The molecule has 0 saturated heterocycles. The van der Waals surface area contributed by atoms with Crippen LogP contribution in [0.15, 0.2) is 41.9 Å². The maximum atomic E-state index is 13.2. The van der Waals surface area contributed by atoms with Crippen molar-refractivity contribution in [2.45, 2.75) is 38.9 Å². The van der Waals surface area contributed by atoms with E-state index in [-0.39, 0.29) is 12.1 Å². The second-order valence-electron chi connectivity index (χ2n) is 7.01. The number of fused-ring (bicyclic) bond motifs is 1. The molecule has 2 aromatic heterocycles. The molecule has 0 bridgehead atoms. The van der Waals surface area contributed by atoms with E-state index in [1.54, 1.807) is 11.3 Å². The zero-order valence-electron chi connectivity index (χ0n) is 14.8. The van der Waals surface area contributed by atoms with Crippen LogP contribution in [0.2, 0.25) is 0 Å². The Kier molecular flexibility index (Phi) is 3.43. The molecule has 2 aliphatic rings. The number of nitrogens with one attached hydrogen (secondary N) is 1. The number of aryl methyl sites for hydroxylation is 1. The van der Waals surface area contributed by atoms with E-state index in [4.69, 9.17) is 0 Å². The molecule has 1 fully saturated rings. The number of hydrogen-bond acceptors (Lipinski definition) is 4. The van der Waals surface area contributed by atoms with E-state index in [2.05, 4.69) is 34.8 Å². The highest BCUT2D eigenvalue weighted by Gasteiger charge is 2.43. The molecule has 0 radical (unpaired) electrons. The molecule has 26 heavy (non-hydrogen) atoms. The van der Waals surface area contributed by atoms with Gasteiger partial charge in [0.25, 0.3) is 5.91 Å². The summed E-state index contributed by atoms with van der Waals surface area (Å²) in [6, 6.07) is 10.3. The summed E-state index contributed by atoms with van der Waals surface area (Å²) in [7, 11) is 0. The second kappa shape index (κ2) is 5.71. The fraction of sp³-hybridized carbons (Fsp3) is 0.300. The van der Waals surface area contributed by atoms with Crippen LogP contribution in [-0.2, 0) is 0 Å². The molecule has 132 valence electrons. The first kappa shape index (κ1) is 15.6. The van der Waals surface area contributed by atoms with Crippen LogP contribution in [0.1, 0.15) is 46.3 Å². The van der Waals surface area contributed by atoms with Crippen LogP contribution in [0, 0.1) is 13.8 Å². The number of benzene rings is 1. The van der Waals surface area contributed by atoms with E-state index in [0.29, 0.717) is 6.04 Å². The Balaban J connectivity index is 1.63. The van der Waals surface area contributed by atoms with E-state index >= 15 is 0 Å². The van der Waals surface area contributed by atoms with Crippen molar-refractivity contribution >= 4 is 22.9 Å². The standard InChI is InChI=1S/C20H20N4OS/c1-12-11-16(13(2)23(12)20-21-9-10-26-20)18-22-17-6-4-3-5-15(17)19(25)24(18)14-7-8-14/h3-6,9-11,14,18,22H,7-8H2,1-2H3. The van der Waals surface area contributed by atoms with Gasteiger partial charge in [-0.3, -0.25) is 9.36 Å². The number of anilines is 1. The van der Waals surface area contributed by atoms with Crippen molar-refractivity contribution in [1.29, 1.82) is 0 Å². The molecule has 1 saturated carbocycles. The molecule has 1 amide bonds. The number of carbonyl (C=O) groups excluding carboxylic acids is 1. The van der Waals surface area contributed by atoms with Gasteiger partial charge in [-0.05, 0) is 44.9 Å². The number of aromatic nitrogens is 2. The van der Waals surface area contributed by atoms with Gasteiger partial charge in [-0.2, -0.15) is 0 Å². The minimum absolute atomic E-state index is 0.130. The topological polar surface area (TPSA) is 50.2 Å². The Morgan fingerprint density at radius 1 is 1.23 bits per heavy atom. The SMILES string of the molecule is Cc1cc(C2Nc3ccccc3C(=O)N2C2CC2)c(C)n1-c1nccs1. The Morgan fingerprint density at radius 3 is 2.77 bits per heavy atom. The molecule has 3 heterocycles. The predicted molar refractivity (Wildman–Crippen MR) is 103 cm³/mol. The number of hydrogen-bond donors (Lipinski definition) is 1. The van der Waals surface area contributed by atoms with Gasteiger partial charge in [0.2, 0.25) is 0 Å². The largest absolute Gasteiger partial charge is 0.361 e. The number of para-hydroxylation sites is 1. The molecule has 1 aliphatic carbocycles. The molecular weight excluding hydrogens is 344 g/mol.